The molecule has 0 radical (unpaired) electrons. The summed E-state index contributed by atoms with van der Waals surface area (Å²) in [6.07, 6.45) is 5.85. The molecule has 0 spiro atoms. The number of hydrogen-bond donors (Lipinski definition) is 1. The van der Waals surface area contributed by atoms with E-state index in [9.17, 15) is 0 Å². The highest BCUT2D eigenvalue weighted by atomic mass is 15.2. The Morgan fingerprint density at radius 1 is 1.19 bits per heavy atom. The molecule has 3 aromatic rings. The third kappa shape index (κ3) is 1.60. The van der Waals surface area contributed by atoms with E-state index >= 15 is 0 Å². The maximum Gasteiger partial charge on any atom is 0.0568 e. The standard InChI is InChI=1S/C12H11N3.CH4/c1-15-8-11(7-14-15)10-3-2-9-4-5-13-12(9)6-10;/h2-8,13H,1H3;1H4. The van der Waals surface area contributed by atoms with E-state index in [-0.39, 0.29) is 7.43 Å². The number of hydrogen-bond acceptors (Lipinski definition) is 1. The average molecular weight is 213 g/mol. The Morgan fingerprint density at radius 3 is 2.81 bits per heavy atom. The highest BCUT2D eigenvalue weighted by molar-refractivity contribution is 5.84. The Morgan fingerprint density at radius 2 is 2.06 bits per heavy atom. The maximum atomic E-state index is 4.17. The average Bonchev–Trinajstić information content (AvgIpc) is 2.84. The van der Waals surface area contributed by atoms with E-state index in [1.165, 1.54) is 10.9 Å². The molecule has 1 N–H and O–H groups in total. The number of aryl methyl sites for hydroxylation is 1. The van der Waals surface area contributed by atoms with Gasteiger partial charge in [0.05, 0.1) is 6.20 Å². The van der Waals surface area contributed by atoms with Crippen molar-refractivity contribution in [3.8, 4) is 11.1 Å². The summed E-state index contributed by atoms with van der Waals surface area (Å²) in [7, 11) is 1.93. The summed E-state index contributed by atoms with van der Waals surface area (Å²) < 4.78 is 1.81. The van der Waals surface area contributed by atoms with Gasteiger partial charge in [0.25, 0.3) is 0 Å². The summed E-state index contributed by atoms with van der Waals surface area (Å²) >= 11 is 0. The van der Waals surface area contributed by atoms with Gasteiger partial charge in [-0.15, -0.1) is 0 Å². The monoisotopic (exact) mass is 213 g/mol. The Labute approximate surface area is 94.7 Å². The van der Waals surface area contributed by atoms with Crippen LogP contribution in [0.2, 0.25) is 0 Å². The number of H-pyrrole nitrogens is 1. The van der Waals surface area contributed by atoms with Gasteiger partial charge in [0.2, 0.25) is 0 Å². The second kappa shape index (κ2) is 3.85. The van der Waals surface area contributed by atoms with E-state index in [4.69, 9.17) is 0 Å². The van der Waals surface area contributed by atoms with Crippen molar-refractivity contribution in [2.24, 2.45) is 7.05 Å². The minimum atomic E-state index is 0. The molecule has 2 aromatic heterocycles. The van der Waals surface area contributed by atoms with Crippen molar-refractivity contribution in [3.63, 3.8) is 0 Å². The molecule has 2 heterocycles. The fourth-order valence-electron chi connectivity index (χ4n) is 1.80. The Kier molecular flexibility index (Phi) is 2.52. The molecular formula is C13H15N3. The van der Waals surface area contributed by atoms with E-state index in [0.29, 0.717) is 0 Å². The molecule has 0 atom stereocenters. The van der Waals surface area contributed by atoms with Crippen molar-refractivity contribution in [3.05, 3.63) is 42.9 Å². The Hall–Kier alpha value is -2.03. The molecule has 3 nitrogen and oxygen atoms in total. The van der Waals surface area contributed by atoms with Gasteiger partial charge in [-0.1, -0.05) is 19.6 Å². The van der Waals surface area contributed by atoms with Crippen molar-refractivity contribution in [1.82, 2.24) is 14.8 Å². The molecule has 0 aliphatic carbocycles. The predicted octanol–water partition coefficient (Wildman–Crippen LogP) is 3.20. The maximum absolute atomic E-state index is 4.17. The van der Waals surface area contributed by atoms with Gasteiger partial charge in [-0.25, -0.2) is 0 Å². The Balaban J connectivity index is 0.000000963. The number of nitrogens with zero attached hydrogens (tertiary/aromatic N) is 2. The van der Waals surface area contributed by atoms with Crippen LogP contribution in [0.15, 0.2) is 42.9 Å². The molecule has 82 valence electrons. The summed E-state index contributed by atoms with van der Waals surface area (Å²) in [5, 5.41) is 5.41. The SMILES string of the molecule is C.Cn1cc(-c2ccc3cc[nH]c3c2)cn1. The molecule has 3 heteroatoms. The van der Waals surface area contributed by atoms with Crippen LogP contribution in [-0.2, 0) is 7.05 Å². The van der Waals surface area contributed by atoms with Crippen molar-refractivity contribution >= 4 is 10.9 Å². The summed E-state index contributed by atoms with van der Waals surface area (Å²) in [6, 6.07) is 8.45. The van der Waals surface area contributed by atoms with Gasteiger partial charge < -0.3 is 4.98 Å². The third-order valence-electron chi connectivity index (χ3n) is 2.59. The first kappa shape index (κ1) is 10.5. The minimum Gasteiger partial charge on any atom is -0.361 e. The number of aromatic amines is 1. The van der Waals surface area contributed by atoms with Crippen molar-refractivity contribution in [2.45, 2.75) is 7.43 Å². The molecular weight excluding hydrogens is 198 g/mol. The second-order valence-electron chi connectivity index (χ2n) is 3.68. The largest absolute Gasteiger partial charge is 0.361 e. The second-order valence-corrected chi connectivity index (χ2v) is 3.68. The third-order valence-corrected chi connectivity index (χ3v) is 2.59. The van der Waals surface area contributed by atoms with Crippen LogP contribution in [0.5, 0.6) is 0 Å². The fourth-order valence-corrected chi connectivity index (χ4v) is 1.80. The lowest BCUT2D eigenvalue weighted by Gasteiger charge is -1.97. The molecule has 3 rings (SSSR count). The predicted molar refractivity (Wildman–Crippen MR) is 67.2 cm³/mol. The summed E-state index contributed by atoms with van der Waals surface area (Å²) in [5.74, 6) is 0. The molecule has 0 unspecified atom stereocenters. The smallest absolute Gasteiger partial charge is 0.0568 e. The number of benzene rings is 1. The topological polar surface area (TPSA) is 33.6 Å². The quantitative estimate of drug-likeness (QED) is 0.661. The van der Waals surface area contributed by atoms with E-state index in [1.807, 2.05) is 30.3 Å². The fraction of sp³-hybridized carbons (Fsp3) is 0.154. The molecule has 16 heavy (non-hydrogen) atoms. The van der Waals surface area contributed by atoms with Crippen LogP contribution < -0.4 is 0 Å². The molecule has 0 aliphatic rings. The first-order chi connectivity index (χ1) is 7.33. The van der Waals surface area contributed by atoms with Crippen LogP contribution >= 0.6 is 0 Å². The van der Waals surface area contributed by atoms with E-state index in [2.05, 4.69) is 34.3 Å². The van der Waals surface area contributed by atoms with Crippen molar-refractivity contribution in [1.29, 1.82) is 0 Å². The van der Waals surface area contributed by atoms with E-state index < -0.39 is 0 Å². The molecule has 0 bridgehead atoms. The molecule has 0 aliphatic heterocycles. The van der Waals surface area contributed by atoms with Crippen LogP contribution in [0, 0.1) is 0 Å². The van der Waals surface area contributed by atoms with Gasteiger partial charge in [0.1, 0.15) is 0 Å². The van der Waals surface area contributed by atoms with Crippen LogP contribution in [0.25, 0.3) is 22.0 Å². The zero-order chi connectivity index (χ0) is 10.3. The van der Waals surface area contributed by atoms with E-state index in [1.54, 1.807) is 0 Å². The van der Waals surface area contributed by atoms with Crippen LogP contribution in [-0.4, -0.2) is 14.8 Å². The number of aromatic nitrogens is 3. The van der Waals surface area contributed by atoms with Gasteiger partial charge >= 0.3 is 0 Å². The number of rotatable bonds is 1. The number of nitrogens with one attached hydrogen (secondary N) is 1. The molecule has 1 aromatic carbocycles. The van der Waals surface area contributed by atoms with Gasteiger partial charge in [-0.2, -0.15) is 5.10 Å². The first-order valence-electron chi connectivity index (χ1n) is 4.89. The lowest BCUT2D eigenvalue weighted by atomic mass is 10.1. The van der Waals surface area contributed by atoms with Gasteiger partial charge in [-0.3, -0.25) is 4.68 Å². The van der Waals surface area contributed by atoms with Crippen LogP contribution in [0.4, 0.5) is 0 Å². The zero-order valence-corrected chi connectivity index (χ0v) is 8.44. The van der Waals surface area contributed by atoms with Crippen LogP contribution in [0.3, 0.4) is 0 Å². The van der Waals surface area contributed by atoms with Crippen molar-refractivity contribution < 1.29 is 0 Å². The molecule has 0 saturated heterocycles. The molecule has 0 fully saturated rings. The van der Waals surface area contributed by atoms with Gasteiger partial charge in [0.15, 0.2) is 0 Å². The Bertz CT molecular complexity index is 604. The summed E-state index contributed by atoms with van der Waals surface area (Å²) in [4.78, 5) is 3.21. The lowest BCUT2D eigenvalue weighted by molar-refractivity contribution is 0.768. The normalized spacial score (nSPS) is 10.3. The van der Waals surface area contributed by atoms with Crippen molar-refractivity contribution in [2.75, 3.05) is 0 Å². The highest BCUT2D eigenvalue weighted by Gasteiger charge is 2.01. The van der Waals surface area contributed by atoms with E-state index in [0.717, 1.165) is 11.1 Å². The zero-order valence-electron chi connectivity index (χ0n) is 8.44. The number of fused-ring (bicyclic) bond motifs is 1. The first-order valence-corrected chi connectivity index (χ1v) is 4.89. The molecule has 0 amide bonds. The minimum absolute atomic E-state index is 0. The summed E-state index contributed by atoms with van der Waals surface area (Å²) in [5.41, 5.74) is 3.50. The molecule has 0 saturated carbocycles. The van der Waals surface area contributed by atoms with Crippen LogP contribution in [0.1, 0.15) is 7.43 Å². The lowest BCUT2D eigenvalue weighted by Crippen LogP contribution is -1.84. The highest BCUT2D eigenvalue weighted by Crippen LogP contribution is 2.22. The van der Waals surface area contributed by atoms with Gasteiger partial charge in [0, 0.05) is 30.5 Å². The van der Waals surface area contributed by atoms with Gasteiger partial charge in [-0.05, 0) is 23.1 Å². The summed E-state index contributed by atoms with van der Waals surface area (Å²) in [6.45, 7) is 0.